The molecule has 1 saturated heterocycles. The van der Waals surface area contributed by atoms with Gasteiger partial charge in [0.2, 0.25) is 5.91 Å². The fraction of sp³-hybridized carbons (Fsp3) is 0.647. The number of hydrogen-bond acceptors (Lipinski definition) is 4. The van der Waals surface area contributed by atoms with Crippen LogP contribution >= 0.6 is 0 Å². The Morgan fingerprint density at radius 3 is 2.70 bits per heavy atom. The molecule has 2 aliphatic carbocycles. The number of aryl methyl sites for hydroxylation is 2. The van der Waals surface area contributed by atoms with Crippen molar-refractivity contribution in [1.82, 2.24) is 24.7 Å². The Labute approximate surface area is 134 Å². The molecule has 0 aromatic carbocycles. The lowest BCUT2D eigenvalue weighted by atomic mass is 9.96. The molecular formula is C17H21N5O. The molecule has 1 aliphatic heterocycles. The van der Waals surface area contributed by atoms with Crippen LogP contribution in [0, 0.1) is 5.92 Å². The topological polar surface area (TPSA) is 63.4 Å². The molecule has 0 atom stereocenters. The maximum absolute atomic E-state index is 12.2. The van der Waals surface area contributed by atoms with Crippen LogP contribution in [0.2, 0.25) is 0 Å². The molecule has 0 radical (unpaired) electrons. The van der Waals surface area contributed by atoms with Gasteiger partial charge in [-0.3, -0.25) is 4.79 Å². The molecule has 0 N–H and O–H groups in total. The molecule has 120 valence electrons. The summed E-state index contributed by atoms with van der Waals surface area (Å²) in [5, 5.41) is 13.6. The highest BCUT2D eigenvalue weighted by atomic mass is 16.2. The second-order valence-electron chi connectivity index (χ2n) is 7.17. The first kappa shape index (κ1) is 13.5. The van der Waals surface area contributed by atoms with Crippen LogP contribution in [0.1, 0.15) is 55.1 Å². The van der Waals surface area contributed by atoms with E-state index in [4.69, 9.17) is 5.10 Å². The predicted molar refractivity (Wildman–Crippen MR) is 84.1 cm³/mol. The van der Waals surface area contributed by atoms with E-state index < -0.39 is 0 Å². The van der Waals surface area contributed by atoms with Crippen molar-refractivity contribution in [3.8, 4) is 0 Å². The average Bonchev–Trinajstić information content (AvgIpc) is 3.20. The third kappa shape index (κ3) is 2.23. The molecule has 3 aliphatic rings. The first-order chi connectivity index (χ1) is 11.3. The number of fused-ring (bicyclic) bond motifs is 2. The van der Waals surface area contributed by atoms with Gasteiger partial charge in [0.15, 0.2) is 11.5 Å². The lowest BCUT2D eigenvalue weighted by molar-refractivity contribution is -0.133. The second-order valence-corrected chi connectivity index (χ2v) is 7.17. The Balaban J connectivity index is 1.38. The summed E-state index contributed by atoms with van der Waals surface area (Å²) in [4.78, 5) is 14.2. The molecule has 0 bridgehead atoms. The third-order valence-electron chi connectivity index (χ3n) is 5.54. The van der Waals surface area contributed by atoms with Gasteiger partial charge in [-0.05, 0) is 56.6 Å². The van der Waals surface area contributed by atoms with Gasteiger partial charge >= 0.3 is 0 Å². The standard InChI is InChI=1S/C17H21N5O/c23-17(12-4-5-12)21-8-6-11(7-9-21)16-19-18-15-10-13-2-1-3-14(13)20-22(15)16/h10-12H,1-9H2. The quantitative estimate of drug-likeness (QED) is 0.847. The molecule has 23 heavy (non-hydrogen) atoms. The van der Waals surface area contributed by atoms with Gasteiger partial charge in [0.05, 0.1) is 5.69 Å². The summed E-state index contributed by atoms with van der Waals surface area (Å²) in [7, 11) is 0. The van der Waals surface area contributed by atoms with Crippen molar-refractivity contribution in [3.05, 3.63) is 23.1 Å². The van der Waals surface area contributed by atoms with E-state index in [1.165, 1.54) is 17.7 Å². The van der Waals surface area contributed by atoms with E-state index in [1.54, 1.807) is 0 Å². The number of carbonyl (C=O) groups excluding carboxylic acids is 1. The summed E-state index contributed by atoms with van der Waals surface area (Å²) >= 11 is 0. The molecule has 5 rings (SSSR count). The number of hydrogen-bond donors (Lipinski definition) is 0. The zero-order valence-electron chi connectivity index (χ0n) is 13.2. The average molecular weight is 311 g/mol. The zero-order chi connectivity index (χ0) is 15.4. The fourth-order valence-electron chi connectivity index (χ4n) is 4.00. The summed E-state index contributed by atoms with van der Waals surface area (Å²) in [5.41, 5.74) is 3.42. The number of carbonyl (C=O) groups is 1. The number of likely N-dealkylation sites (tertiary alicyclic amines) is 1. The van der Waals surface area contributed by atoms with E-state index in [2.05, 4.69) is 16.3 Å². The van der Waals surface area contributed by atoms with Crippen molar-refractivity contribution in [1.29, 1.82) is 0 Å². The highest BCUT2D eigenvalue weighted by Crippen LogP contribution is 2.34. The molecule has 3 heterocycles. The number of rotatable bonds is 2. The van der Waals surface area contributed by atoms with Crippen molar-refractivity contribution >= 4 is 11.6 Å². The molecule has 0 unspecified atom stereocenters. The normalized spacial score (nSPS) is 21.8. The van der Waals surface area contributed by atoms with Gasteiger partial charge in [0.25, 0.3) is 0 Å². The number of piperidine rings is 1. The Morgan fingerprint density at radius 1 is 1.09 bits per heavy atom. The smallest absolute Gasteiger partial charge is 0.225 e. The van der Waals surface area contributed by atoms with E-state index in [0.717, 1.165) is 63.1 Å². The van der Waals surface area contributed by atoms with Gasteiger partial charge in [-0.25, -0.2) is 0 Å². The summed E-state index contributed by atoms with van der Waals surface area (Å²) in [5.74, 6) is 2.03. The van der Waals surface area contributed by atoms with E-state index in [-0.39, 0.29) is 0 Å². The Bertz CT molecular complexity index is 771. The first-order valence-corrected chi connectivity index (χ1v) is 8.82. The van der Waals surface area contributed by atoms with Crippen molar-refractivity contribution < 1.29 is 4.79 Å². The van der Waals surface area contributed by atoms with Crippen LogP contribution in [0.15, 0.2) is 6.07 Å². The van der Waals surface area contributed by atoms with Crippen molar-refractivity contribution in [2.45, 2.75) is 50.9 Å². The number of amides is 1. The molecule has 1 amide bonds. The molecule has 6 heteroatoms. The van der Waals surface area contributed by atoms with Gasteiger partial charge < -0.3 is 4.90 Å². The molecule has 0 spiro atoms. The van der Waals surface area contributed by atoms with Gasteiger partial charge in [-0.15, -0.1) is 10.2 Å². The summed E-state index contributed by atoms with van der Waals surface area (Å²) < 4.78 is 1.95. The van der Waals surface area contributed by atoms with E-state index in [9.17, 15) is 4.79 Å². The third-order valence-corrected chi connectivity index (χ3v) is 5.54. The van der Waals surface area contributed by atoms with E-state index in [0.29, 0.717) is 17.7 Å². The minimum Gasteiger partial charge on any atom is -0.342 e. The largest absolute Gasteiger partial charge is 0.342 e. The van der Waals surface area contributed by atoms with Gasteiger partial charge in [-0.1, -0.05) is 0 Å². The van der Waals surface area contributed by atoms with Gasteiger partial charge in [0.1, 0.15) is 0 Å². The summed E-state index contributed by atoms with van der Waals surface area (Å²) in [6.45, 7) is 1.69. The monoisotopic (exact) mass is 311 g/mol. The van der Waals surface area contributed by atoms with Crippen LogP contribution in [0.3, 0.4) is 0 Å². The van der Waals surface area contributed by atoms with Crippen LogP contribution in [-0.2, 0) is 17.6 Å². The molecule has 1 saturated carbocycles. The zero-order valence-corrected chi connectivity index (χ0v) is 13.2. The minimum atomic E-state index is 0.324. The molecule has 2 fully saturated rings. The van der Waals surface area contributed by atoms with Gasteiger partial charge in [-0.2, -0.15) is 9.61 Å². The van der Waals surface area contributed by atoms with Crippen LogP contribution in [-0.4, -0.2) is 43.7 Å². The highest BCUT2D eigenvalue weighted by molar-refractivity contribution is 5.81. The Morgan fingerprint density at radius 2 is 1.91 bits per heavy atom. The summed E-state index contributed by atoms with van der Waals surface area (Å²) in [6, 6.07) is 2.15. The predicted octanol–water partition coefficient (Wildman–Crippen LogP) is 1.73. The lowest BCUT2D eigenvalue weighted by Crippen LogP contribution is -2.39. The van der Waals surface area contributed by atoms with Crippen molar-refractivity contribution in [2.24, 2.45) is 5.92 Å². The van der Waals surface area contributed by atoms with Gasteiger partial charge in [0, 0.05) is 24.9 Å². The van der Waals surface area contributed by atoms with Crippen molar-refractivity contribution in [3.63, 3.8) is 0 Å². The van der Waals surface area contributed by atoms with Crippen molar-refractivity contribution in [2.75, 3.05) is 13.1 Å². The first-order valence-electron chi connectivity index (χ1n) is 8.82. The maximum Gasteiger partial charge on any atom is 0.225 e. The van der Waals surface area contributed by atoms with Crippen LogP contribution in [0.25, 0.3) is 5.65 Å². The second kappa shape index (κ2) is 5.01. The lowest BCUT2D eigenvalue weighted by Gasteiger charge is -2.31. The van der Waals surface area contributed by atoms with Crippen LogP contribution in [0.4, 0.5) is 0 Å². The molecular weight excluding hydrogens is 290 g/mol. The summed E-state index contributed by atoms with van der Waals surface area (Å²) in [6.07, 6.45) is 7.49. The number of nitrogens with zero attached hydrogens (tertiary/aromatic N) is 5. The molecule has 2 aromatic rings. The van der Waals surface area contributed by atoms with Crippen LogP contribution in [0.5, 0.6) is 0 Å². The highest BCUT2D eigenvalue weighted by Gasteiger charge is 2.36. The SMILES string of the molecule is O=C(C1CC1)N1CCC(c2nnc3cc4c(nn23)CCC4)CC1. The Kier molecular flexibility index (Phi) is 2.93. The number of aromatic nitrogens is 4. The Hall–Kier alpha value is -1.98. The molecule has 6 nitrogen and oxygen atoms in total. The van der Waals surface area contributed by atoms with Crippen LogP contribution < -0.4 is 0 Å². The maximum atomic E-state index is 12.2. The minimum absolute atomic E-state index is 0.324. The molecule has 2 aromatic heterocycles. The fourth-order valence-corrected chi connectivity index (χ4v) is 4.00. The van der Waals surface area contributed by atoms with E-state index in [1.807, 2.05) is 9.42 Å². The van der Waals surface area contributed by atoms with E-state index >= 15 is 0 Å².